The first-order chi connectivity index (χ1) is 9.15. The lowest BCUT2D eigenvalue weighted by atomic mass is 10.1. The minimum Gasteiger partial charge on any atom is -0.355 e. The van der Waals surface area contributed by atoms with Gasteiger partial charge in [-0.1, -0.05) is 24.0 Å². The Bertz CT molecular complexity index is 474. The van der Waals surface area contributed by atoms with Crippen molar-refractivity contribution in [2.75, 3.05) is 26.7 Å². The topological polar surface area (TPSA) is 58.4 Å². The summed E-state index contributed by atoms with van der Waals surface area (Å²) in [5.41, 5.74) is 7.44. The van der Waals surface area contributed by atoms with Crippen molar-refractivity contribution < 1.29 is 4.79 Å². The lowest BCUT2D eigenvalue weighted by molar-refractivity contribution is -0.121. The lowest BCUT2D eigenvalue weighted by Gasteiger charge is -2.16. The number of nitrogens with zero attached hydrogens (tertiary/aromatic N) is 1. The molecule has 0 saturated heterocycles. The predicted molar refractivity (Wildman–Crippen MR) is 77.4 cm³/mol. The van der Waals surface area contributed by atoms with Crippen LogP contribution in [0.25, 0.3) is 0 Å². The number of nitrogens with two attached hydrogens (primary N) is 1. The van der Waals surface area contributed by atoms with Crippen LogP contribution < -0.4 is 11.1 Å². The zero-order chi connectivity index (χ0) is 14.1. The van der Waals surface area contributed by atoms with Gasteiger partial charge < -0.3 is 11.1 Å². The number of benzene rings is 1. The molecule has 0 aliphatic rings. The third-order valence-electron chi connectivity index (χ3n) is 2.50. The van der Waals surface area contributed by atoms with Crippen LogP contribution >= 0.6 is 0 Å². The van der Waals surface area contributed by atoms with E-state index >= 15 is 0 Å². The van der Waals surface area contributed by atoms with Crippen molar-refractivity contribution in [3.8, 4) is 11.8 Å². The molecule has 0 heterocycles. The number of likely N-dealkylation sites (N-methyl/N-ethyl adjacent to an activating group) is 2. The Kier molecular flexibility index (Phi) is 6.65. The number of amides is 1. The van der Waals surface area contributed by atoms with E-state index in [1.165, 1.54) is 0 Å². The summed E-state index contributed by atoms with van der Waals surface area (Å²) in [5.74, 6) is 5.89. The molecule has 0 aliphatic carbocycles. The highest BCUT2D eigenvalue weighted by Crippen LogP contribution is 2.06. The SMILES string of the molecule is CCNC(=O)CN(C)Cc1cccc(C#CCN)c1. The first-order valence-corrected chi connectivity index (χ1v) is 6.38. The summed E-state index contributed by atoms with van der Waals surface area (Å²) in [7, 11) is 1.92. The van der Waals surface area contributed by atoms with Crippen molar-refractivity contribution in [3.63, 3.8) is 0 Å². The quantitative estimate of drug-likeness (QED) is 0.760. The minimum atomic E-state index is 0.0454. The third kappa shape index (κ3) is 6.05. The van der Waals surface area contributed by atoms with Gasteiger partial charge in [-0.3, -0.25) is 9.69 Å². The molecular weight excluding hydrogens is 238 g/mol. The Labute approximate surface area is 115 Å². The molecule has 0 aliphatic heterocycles. The van der Waals surface area contributed by atoms with Crippen molar-refractivity contribution >= 4 is 5.91 Å². The van der Waals surface area contributed by atoms with Crippen LogP contribution in [0.4, 0.5) is 0 Å². The van der Waals surface area contributed by atoms with Gasteiger partial charge in [0.15, 0.2) is 0 Å². The van der Waals surface area contributed by atoms with Crippen molar-refractivity contribution in [1.29, 1.82) is 0 Å². The molecule has 0 unspecified atom stereocenters. The molecule has 102 valence electrons. The number of carbonyl (C=O) groups excluding carboxylic acids is 1. The molecule has 4 nitrogen and oxygen atoms in total. The molecule has 3 N–H and O–H groups in total. The standard InChI is InChI=1S/C15H21N3O/c1-3-17-15(19)12-18(2)11-14-7-4-6-13(10-14)8-5-9-16/h4,6-7,10H,3,9,11-12,16H2,1-2H3,(H,17,19). The fourth-order valence-electron chi connectivity index (χ4n) is 1.77. The van der Waals surface area contributed by atoms with E-state index in [4.69, 9.17) is 5.73 Å². The molecule has 0 radical (unpaired) electrons. The predicted octanol–water partition coefficient (Wildman–Crippen LogP) is 0.565. The zero-order valence-corrected chi connectivity index (χ0v) is 11.6. The van der Waals surface area contributed by atoms with E-state index in [-0.39, 0.29) is 5.91 Å². The second-order valence-corrected chi connectivity index (χ2v) is 4.33. The van der Waals surface area contributed by atoms with Gasteiger partial charge in [0.2, 0.25) is 5.91 Å². The Morgan fingerprint density at radius 3 is 2.95 bits per heavy atom. The van der Waals surface area contributed by atoms with Crippen molar-refractivity contribution in [3.05, 3.63) is 35.4 Å². The first kappa shape index (κ1) is 15.2. The molecule has 0 fully saturated rings. The summed E-state index contributed by atoms with van der Waals surface area (Å²) in [6.45, 7) is 4.05. The maximum absolute atomic E-state index is 11.5. The molecule has 0 saturated carbocycles. The van der Waals surface area contributed by atoms with Gasteiger partial charge in [0.25, 0.3) is 0 Å². The lowest BCUT2D eigenvalue weighted by Crippen LogP contribution is -2.34. The van der Waals surface area contributed by atoms with Gasteiger partial charge in [-0.25, -0.2) is 0 Å². The number of hydrogen-bond donors (Lipinski definition) is 2. The molecular formula is C15H21N3O. The van der Waals surface area contributed by atoms with Gasteiger partial charge in [-0.05, 0) is 31.7 Å². The molecule has 1 rings (SSSR count). The highest BCUT2D eigenvalue weighted by atomic mass is 16.1. The Morgan fingerprint density at radius 1 is 1.47 bits per heavy atom. The second-order valence-electron chi connectivity index (χ2n) is 4.33. The monoisotopic (exact) mass is 259 g/mol. The molecule has 1 aromatic carbocycles. The van der Waals surface area contributed by atoms with E-state index in [0.717, 1.165) is 17.7 Å². The molecule has 0 atom stereocenters. The minimum absolute atomic E-state index is 0.0454. The molecule has 0 aromatic heterocycles. The number of hydrogen-bond acceptors (Lipinski definition) is 3. The van der Waals surface area contributed by atoms with Crippen LogP contribution in [0.5, 0.6) is 0 Å². The average Bonchev–Trinajstić information content (AvgIpc) is 2.36. The fraction of sp³-hybridized carbons (Fsp3) is 0.400. The Hall–Kier alpha value is -1.83. The Balaban J connectivity index is 2.59. The van der Waals surface area contributed by atoms with E-state index in [9.17, 15) is 4.79 Å². The zero-order valence-electron chi connectivity index (χ0n) is 11.6. The van der Waals surface area contributed by atoms with Crippen LogP contribution in [0.3, 0.4) is 0 Å². The number of carbonyl (C=O) groups is 1. The van der Waals surface area contributed by atoms with E-state index < -0.39 is 0 Å². The largest absolute Gasteiger partial charge is 0.355 e. The average molecular weight is 259 g/mol. The molecule has 1 amide bonds. The summed E-state index contributed by atoms with van der Waals surface area (Å²) < 4.78 is 0. The van der Waals surface area contributed by atoms with Gasteiger partial charge >= 0.3 is 0 Å². The van der Waals surface area contributed by atoms with Gasteiger partial charge in [0, 0.05) is 18.7 Å². The highest BCUT2D eigenvalue weighted by molar-refractivity contribution is 5.77. The van der Waals surface area contributed by atoms with Crippen LogP contribution in [0.1, 0.15) is 18.1 Å². The van der Waals surface area contributed by atoms with Crippen molar-refractivity contribution in [1.82, 2.24) is 10.2 Å². The van der Waals surface area contributed by atoms with Gasteiger partial charge in [0.1, 0.15) is 0 Å². The van der Waals surface area contributed by atoms with E-state index in [0.29, 0.717) is 19.6 Å². The summed E-state index contributed by atoms with van der Waals surface area (Å²) >= 11 is 0. The number of rotatable bonds is 5. The summed E-state index contributed by atoms with van der Waals surface area (Å²) in [6, 6.07) is 7.98. The second kappa shape index (κ2) is 8.30. The maximum atomic E-state index is 11.5. The van der Waals surface area contributed by atoms with Crippen molar-refractivity contribution in [2.45, 2.75) is 13.5 Å². The first-order valence-electron chi connectivity index (χ1n) is 6.38. The maximum Gasteiger partial charge on any atom is 0.234 e. The van der Waals surface area contributed by atoms with Gasteiger partial charge in [-0.2, -0.15) is 0 Å². The molecule has 4 heteroatoms. The fourth-order valence-corrected chi connectivity index (χ4v) is 1.77. The van der Waals surface area contributed by atoms with Crippen LogP contribution in [-0.4, -0.2) is 37.5 Å². The van der Waals surface area contributed by atoms with Crippen LogP contribution in [0, 0.1) is 11.8 Å². The van der Waals surface area contributed by atoms with Gasteiger partial charge in [0.05, 0.1) is 13.1 Å². The number of nitrogens with one attached hydrogen (secondary N) is 1. The van der Waals surface area contributed by atoms with E-state index in [1.54, 1.807) is 0 Å². The van der Waals surface area contributed by atoms with Crippen molar-refractivity contribution in [2.24, 2.45) is 5.73 Å². The van der Waals surface area contributed by atoms with Gasteiger partial charge in [-0.15, -0.1) is 0 Å². The molecule has 19 heavy (non-hydrogen) atoms. The summed E-state index contributed by atoms with van der Waals surface area (Å²) in [4.78, 5) is 13.4. The third-order valence-corrected chi connectivity index (χ3v) is 2.50. The van der Waals surface area contributed by atoms with Crippen LogP contribution in [0.2, 0.25) is 0 Å². The van der Waals surface area contributed by atoms with E-state index in [2.05, 4.69) is 17.2 Å². The summed E-state index contributed by atoms with van der Waals surface area (Å²) in [5, 5.41) is 2.78. The van der Waals surface area contributed by atoms with E-state index in [1.807, 2.05) is 43.1 Å². The smallest absolute Gasteiger partial charge is 0.234 e. The molecule has 0 spiro atoms. The van der Waals surface area contributed by atoms with Crippen LogP contribution in [-0.2, 0) is 11.3 Å². The summed E-state index contributed by atoms with van der Waals surface area (Å²) in [6.07, 6.45) is 0. The highest BCUT2D eigenvalue weighted by Gasteiger charge is 2.06. The normalized spacial score (nSPS) is 9.89. The molecule has 1 aromatic rings. The molecule has 0 bridgehead atoms. The van der Waals surface area contributed by atoms with Crippen LogP contribution in [0.15, 0.2) is 24.3 Å². The Morgan fingerprint density at radius 2 is 2.26 bits per heavy atom.